The molecular weight excluding hydrogens is 394 g/mol. The highest BCUT2D eigenvalue weighted by Gasteiger charge is 2.25. The van der Waals surface area contributed by atoms with Crippen LogP contribution >= 0.6 is 27.7 Å². The largest absolute Gasteiger partial charge is 0.454 e. The number of thioether (sulfide) groups is 1. The van der Waals surface area contributed by atoms with Gasteiger partial charge in [0.1, 0.15) is 0 Å². The highest BCUT2D eigenvalue weighted by atomic mass is 79.9. The van der Waals surface area contributed by atoms with Crippen LogP contribution in [0.25, 0.3) is 0 Å². The zero-order valence-corrected chi connectivity index (χ0v) is 15.3. The first kappa shape index (κ1) is 15.9. The summed E-state index contributed by atoms with van der Waals surface area (Å²) in [6.45, 7) is 1.73. The van der Waals surface area contributed by atoms with Crippen molar-refractivity contribution >= 4 is 33.6 Å². The van der Waals surface area contributed by atoms with E-state index in [0.717, 1.165) is 30.2 Å². The Hall–Kier alpha value is -1.60. The van der Waals surface area contributed by atoms with Crippen LogP contribution in [-0.4, -0.2) is 36.4 Å². The maximum Gasteiger partial charge on any atom is 0.289 e. The van der Waals surface area contributed by atoms with E-state index >= 15 is 0 Å². The van der Waals surface area contributed by atoms with Gasteiger partial charge in [-0.1, -0.05) is 6.07 Å². The zero-order valence-electron chi connectivity index (χ0n) is 12.9. The predicted octanol–water partition coefficient (Wildman–Crippen LogP) is 4.09. The van der Waals surface area contributed by atoms with Crippen molar-refractivity contribution < 1.29 is 18.7 Å². The van der Waals surface area contributed by atoms with Crippen LogP contribution in [0.3, 0.4) is 0 Å². The smallest absolute Gasteiger partial charge is 0.289 e. The third-order valence-corrected chi connectivity index (χ3v) is 5.94. The van der Waals surface area contributed by atoms with Gasteiger partial charge in [0, 0.05) is 24.1 Å². The Balaban J connectivity index is 1.45. The van der Waals surface area contributed by atoms with Crippen LogP contribution < -0.4 is 9.47 Å². The molecule has 0 spiro atoms. The van der Waals surface area contributed by atoms with Crippen LogP contribution in [0.1, 0.15) is 27.8 Å². The van der Waals surface area contributed by atoms with Crippen molar-refractivity contribution in [1.82, 2.24) is 4.90 Å². The number of carbonyl (C=O) groups excluding carboxylic acids is 1. The standard InChI is InChI=1S/C17H16BrNO4S/c18-16-4-3-13(23-16)17(20)19-6-5-15(24-8-7-19)11-1-2-12-14(9-11)22-10-21-12/h1-4,9,15H,5-8,10H2. The van der Waals surface area contributed by atoms with Crippen molar-refractivity contribution in [2.75, 3.05) is 25.6 Å². The van der Waals surface area contributed by atoms with E-state index in [2.05, 4.69) is 28.1 Å². The van der Waals surface area contributed by atoms with E-state index in [1.807, 2.05) is 22.7 Å². The number of fused-ring (bicyclic) bond motifs is 1. The molecule has 1 saturated heterocycles. The van der Waals surface area contributed by atoms with E-state index in [1.165, 1.54) is 5.56 Å². The fraction of sp³-hybridized carbons (Fsp3) is 0.353. The van der Waals surface area contributed by atoms with Gasteiger partial charge in [-0.15, -0.1) is 0 Å². The molecular formula is C17H16BrNO4S. The van der Waals surface area contributed by atoms with Crippen molar-refractivity contribution in [2.24, 2.45) is 0 Å². The third kappa shape index (κ3) is 3.15. The van der Waals surface area contributed by atoms with Crippen molar-refractivity contribution in [1.29, 1.82) is 0 Å². The summed E-state index contributed by atoms with van der Waals surface area (Å²) in [5, 5.41) is 0.348. The second-order valence-corrected chi connectivity index (χ2v) is 7.75. The highest BCUT2D eigenvalue weighted by molar-refractivity contribution is 9.10. The summed E-state index contributed by atoms with van der Waals surface area (Å²) in [5.41, 5.74) is 1.22. The van der Waals surface area contributed by atoms with Crippen molar-refractivity contribution in [3.05, 3.63) is 46.3 Å². The number of hydrogen-bond donors (Lipinski definition) is 0. The lowest BCUT2D eigenvalue weighted by molar-refractivity contribution is 0.0733. The molecule has 1 amide bonds. The maximum absolute atomic E-state index is 12.5. The van der Waals surface area contributed by atoms with E-state index < -0.39 is 0 Å². The van der Waals surface area contributed by atoms with Crippen LogP contribution in [0, 0.1) is 0 Å². The quantitative estimate of drug-likeness (QED) is 0.747. The summed E-state index contributed by atoms with van der Waals surface area (Å²) < 4.78 is 16.8. The molecule has 7 heteroatoms. The van der Waals surface area contributed by atoms with Gasteiger partial charge in [-0.05, 0) is 52.2 Å². The Labute approximate surface area is 152 Å². The molecule has 24 heavy (non-hydrogen) atoms. The lowest BCUT2D eigenvalue weighted by Crippen LogP contribution is -2.32. The van der Waals surface area contributed by atoms with Crippen LogP contribution in [0.4, 0.5) is 0 Å². The van der Waals surface area contributed by atoms with Gasteiger partial charge in [-0.3, -0.25) is 4.79 Å². The summed E-state index contributed by atoms with van der Waals surface area (Å²) in [6.07, 6.45) is 0.901. The number of rotatable bonds is 2. The molecule has 1 unspecified atom stereocenters. The van der Waals surface area contributed by atoms with Gasteiger partial charge in [0.05, 0.1) is 0 Å². The SMILES string of the molecule is O=C(c1ccc(Br)o1)N1CCSC(c2ccc3c(c2)OCO3)CC1. The minimum atomic E-state index is -0.0485. The van der Waals surface area contributed by atoms with Crippen molar-refractivity contribution in [2.45, 2.75) is 11.7 Å². The molecule has 1 aromatic carbocycles. The first-order valence-corrected chi connectivity index (χ1v) is 9.60. The van der Waals surface area contributed by atoms with Crippen LogP contribution in [0.15, 0.2) is 39.4 Å². The minimum absolute atomic E-state index is 0.0485. The number of carbonyl (C=O) groups is 1. The molecule has 1 aromatic heterocycles. The summed E-state index contributed by atoms with van der Waals surface area (Å²) in [5.74, 6) is 2.84. The molecule has 0 saturated carbocycles. The molecule has 0 bridgehead atoms. The number of amides is 1. The maximum atomic E-state index is 12.5. The van der Waals surface area contributed by atoms with Gasteiger partial charge in [0.2, 0.25) is 6.79 Å². The summed E-state index contributed by atoms with van der Waals surface area (Å²) in [7, 11) is 0. The molecule has 0 N–H and O–H groups in total. The van der Waals surface area contributed by atoms with Crippen molar-refractivity contribution in [3.63, 3.8) is 0 Å². The monoisotopic (exact) mass is 409 g/mol. The van der Waals surface area contributed by atoms with Gasteiger partial charge in [-0.25, -0.2) is 0 Å². The second-order valence-electron chi connectivity index (χ2n) is 5.66. The fourth-order valence-electron chi connectivity index (χ4n) is 2.94. The molecule has 1 atom stereocenters. The molecule has 5 nitrogen and oxygen atoms in total. The van der Waals surface area contributed by atoms with Gasteiger partial charge >= 0.3 is 0 Å². The minimum Gasteiger partial charge on any atom is -0.454 e. The molecule has 0 radical (unpaired) electrons. The molecule has 2 aromatic rings. The predicted molar refractivity (Wildman–Crippen MR) is 94.7 cm³/mol. The summed E-state index contributed by atoms with van der Waals surface area (Å²) >= 11 is 5.11. The molecule has 4 rings (SSSR count). The molecule has 0 aliphatic carbocycles. The number of ether oxygens (including phenoxy) is 2. The zero-order chi connectivity index (χ0) is 16.5. The average molecular weight is 410 g/mol. The number of benzene rings is 1. The second kappa shape index (κ2) is 6.72. The Bertz CT molecular complexity index is 763. The topological polar surface area (TPSA) is 51.9 Å². The van der Waals surface area contributed by atoms with Gasteiger partial charge in [0.25, 0.3) is 5.91 Å². The van der Waals surface area contributed by atoms with E-state index in [0.29, 0.717) is 22.2 Å². The average Bonchev–Trinajstić information content (AvgIpc) is 3.16. The number of furan rings is 1. The normalized spacial score (nSPS) is 20.0. The van der Waals surface area contributed by atoms with Crippen LogP contribution in [0.5, 0.6) is 11.5 Å². The van der Waals surface area contributed by atoms with E-state index in [9.17, 15) is 4.79 Å². The highest BCUT2D eigenvalue weighted by Crippen LogP contribution is 2.40. The first-order valence-electron chi connectivity index (χ1n) is 7.76. The Morgan fingerprint density at radius 2 is 2.04 bits per heavy atom. The Morgan fingerprint density at radius 3 is 2.88 bits per heavy atom. The first-order chi connectivity index (χ1) is 11.7. The molecule has 126 valence electrons. The lowest BCUT2D eigenvalue weighted by Gasteiger charge is -2.19. The van der Waals surface area contributed by atoms with E-state index in [-0.39, 0.29) is 12.7 Å². The third-order valence-electron chi connectivity index (χ3n) is 4.18. The van der Waals surface area contributed by atoms with Crippen molar-refractivity contribution in [3.8, 4) is 11.5 Å². The molecule has 1 fully saturated rings. The molecule has 3 heterocycles. The number of hydrogen-bond acceptors (Lipinski definition) is 5. The van der Waals surface area contributed by atoms with E-state index in [4.69, 9.17) is 13.9 Å². The van der Waals surface area contributed by atoms with Gasteiger partial charge < -0.3 is 18.8 Å². The van der Waals surface area contributed by atoms with Gasteiger partial charge in [0.15, 0.2) is 21.9 Å². The molecule has 2 aliphatic heterocycles. The Morgan fingerprint density at radius 1 is 1.17 bits per heavy atom. The molecule has 2 aliphatic rings. The summed E-state index contributed by atoms with van der Waals surface area (Å²) in [4.78, 5) is 14.4. The van der Waals surface area contributed by atoms with Crippen LogP contribution in [-0.2, 0) is 0 Å². The number of halogens is 1. The summed E-state index contributed by atoms with van der Waals surface area (Å²) in [6, 6.07) is 9.56. The Kier molecular flexibility index (Phi) is 4.45. The number of nitrogens with zero attached hydrogens (tertiary/aromatic N) is 1. The van der Waals surface area contributed by atoms with Gasteiger partial charge in [-0.2, -0.15) is 11.8 Å². The fourth-order valence-corrected chi connectivity index (χ4v) is 4.47. The van der Waals surface area contributed by atoms with E-state index in [1.54, 1.807) is 12.1 Å². The van der Waals surface area contributed by atoms with Crippen LogP contribution in [0.2, 0.25) is 0 Å². The lowest BCUT2D eigenvalue weighted by atomic mass is 10.1.